The van der Waals surface area contributed by atoms with E-state index in [0.717, 1.165) is 0 Å². The van der Waals surface area contributed by atoms with Gasteiger partial charge in [-0.3, -0.25) is 5.32 Å². The van der Waals surface area contributed by atoms with Crippen LogP contribution in [0.15, 0.2) is 0 Å². The van der Waals surface area contributed by atoms with Gasteiger partial charge in [0.05, 0.1) is 6.17 Å². The third kappa shape index (κ3) is 2.33. The van der Waals surface area contributed by atoms with Crippen LogP contribution < -0.4 is 10.6 Å². The molecule has 2 N–H and O–H groups in total. The Labute approximate surface area is 57.0 Å². The van der Waals surface area contributed by atoms with Crippen LogP contribution in [0.3, 0.4) is 0 Å². The molecule has 0 saturated carbocycles. The van der Waals surface area contributed by atoms with Gasteiger partial charge in [-0.25, -0.2) is 0 Å². The zero-order valence-electron chi connectivity index (χ0n) is 6.49. The van der Waals surface area contributed by atoms with Crippen LogP contribution >= 0.6 is 0 Å². The highest BCUT2D eigenvalue weighted by Gasteiger charge is 2.21. The van der Waals surface area contributed by atoms with Crippen molar-refractivity contribution in [3.63, 3.8) is 0 Å². The molecular formula is C7H16N2. The molecule has 0 radical (unpaired) electrons. The van der Waals surface area contributed by atoms with Crippen LogP contribution in [0.5, 0.6) is 0 Å². The van der Waals surface area contributed by atoms with E-state index in [9.17, 15) is 0 Å². The molecule has 0 aliphatic carbocycles. The fraction of sp³-hybridized carbons (Fsp3) is 1.00. The van der Waals surface area contributed by atoms with Gasteiger partial charge in [0.15, 0.2) is 0 Å². The predicted octanol–water partition coefficient (Wildman–Crippen LogP) is 0.694. The molecule has 0 aromatic rings. The Balaban J connectivity index is 2.16. The van der Waals surface area contributed by atoms with Gasteiger partial charge in [0, 0.05) is 5.54 Å². The van der Waals surface area contributed by atoms with Crippen LogP contribution in [0, 0.1) is 0 Å². The third-order valence-corrected chi connectivity index (χ3v) is 1.43. The second-order valence-electron chi connectivity index (χ2n) is 3.69. The van der Waals surface area contributed by atoms with Crippen molar-refractivity contribution in [2.24, 2.45) is 0 Å². The SMILES string of the molecule is CC(C)(C)NC1CCN1. The maximum Gasteiger partial charge on any atom is 0.0587 e. The van der Waals surface area contributed by atoms with Gasteiger partial charge in [0.2, 0.25) is 0 Å². The normalized spacial score (nSPS) is 27.7. The van der Waals surface area contributed by atoms with E-state index in [1.807, 2.05) is 0 Å². The molecule has 1 aliphatic rings. The summed E-state index contributed by atoms with van der Waals surface area (Å²) >= 11 is 0. The Morgan fingerprint density at radius 3 is 2.11 bits per heavy atom. The van der Waals surface area contributed by atoms with Crippen LogP contribution in [0.25, 0.3) is 0 Å². The van der Waals surface area contributed by atoms with Crippen LogP contribution in [0.1, 0.15) is 27.2 Å². The fourth-order valence-corrected chi connectivity index (χ4v) is 0.935. The molecule has 1 unspecified atom stereocenters. The van der Waals surface area contributed by atoms with E-state index in [2.05, 4.69) is 31.4 Å². The summed E-state index contributed by atoms with van der Waals surface area (Å²) in [5, 5.41) is 6.74. The van der Waals surface area contributed by atoms with Crippen molar-refractivity contribution in [3.8, 4) is 0 Å². The molecule has 2 nitrogen and oxygen atoms in total. The molecule has 1 atom stereocenters. The van der Waals surface area contributed by atoms with Crippen molar-refractivity contribution in [1.29, 1.82) is 0 Å². The largest absolute Gasteiger partial charge is 0.302 e. The summed E-state index contributed by atoms with van der Waals surface area (Å²) in [6.45, 7) is 7.74. The monoisotopic (exact) mass is 128 g/mol. The van der Waals surface area contributed by atoms with E-state index >= 15 is 0 Å². The van der Waals surface area contributed by atoms with Crippen LogP contribution in [0.4, 0.5) is 0 Å². The molecule has 0 bridgehead atoms. The third-order valence-electron chi connectivity index (χ3n) is 1.43. The molecule has 0 aromatic carbocycles. The van der Waals surface area contributed by atoms with E-state index in [-0.39, 0.29) is 5.54 Å². The molecule has 1 heterocycles. The van der Waals surface area contributed by atoms with E-state index in [0.29, 0.717) is 6.17 Å². The quantitative estimate of drug-likeness (QED) is 0.543. The smallest absolute Gasteiger partial charge is 0.0587 e. The lowest BCUT2D eigenvalue weighted by Crippen LogP contribution is -2.58. The van der Waals surface area contributed by atoms with Crippen molar-refractivity contribution >= 4 is 0 Å². The first-order chi connectivity index (χ1) is 4.08. The number of nitrogens with one attached hydrogen (secondary N) is 2. The first kappa shape index (κ1) is 7.03. The summed E-state index contributed by atoms with van der Waals surface area (Å²) in [5.74, 6) is 0. The Morgan fingerprint density at radius 1 is 1.44 bits per heavy atom. The van der Waals surface area contributed by atoms with Gasteiger partial charge in [-0.2, -0.15) is 0 Å². The van der Waals surface area contributed by atoms with Crippen LogP contribution in [0.2, 0.25) is 0 Å². The average molecular weight is 128 g/mol. The van der Waals surface area contributed by atoms with E-state index in [1.165, 1.54) is 13.0 Å². The van der Waals surface area contributed by atoms with Crippen molar-refractivity contribution in [2.75, 3.05) is 6.54 Å². The summed E-state index contributed by atoms with van der Waals surface area (Å²) in [6.07, 6.45) is 1.85. The standard InChI is InChI=1S/C7H16N2/c1-7(2,3)9-6-4-5-8-6/h6,8-9H,4-5H2,1-3H3. The molecule has 1 aliphatic heterocycles. The fourth-order valence-electron chi connectivity index (χ4n) is 0.935. The topological polar surface area (TPSA) is 24.1 Å². The van der Waals surface area contributed by atoms with Gasteiger partial charge in [-0.15, -0.1) is 0 Å². The zero-order chi connectivity index (χ0) is 6.91. The molecule has 1 rings (SSSR count). The number of rotatable bonds is 1. The molecule has 9 heavy (non-hydrogen) atoms. The van der Waals surface area contributed by atoms with E-state index < -0.39 is 0 Å². The zero-order valence-corrected chi connectivity index (χ0v) is 6.49. The minimum Gasteiger partial charge on any atom is -0.302 e. The minimum atomic E-state index is 0.262. The second-order valence-corrected chi connectivity index (χ2v) is 3.69. The van der Waals surface area contributed by atoms with Crippen molar-refractivity contribution in [1.82, 2.24) is 10.6 Å². The molecule has 1 fully saturated rings. The molecule has 2 heteroatoms. The van der Waals surface area contributed by atoms with E-state index in [1.54, 1.807) is 0 Å². The Hall–Kier alpha value is -0.0800. The number of hydrogen-bond acceptors (Lipinski definition) is 2. The van der Waals surface area contributed by atoms with Crippen LogP contribution in [-0.2, 0) is 0 Å². The highest BCUT2D eigenvalue weighted by Crippen LogP contribution is 2.05. The molecule has 54 valence electrons. The molecular weight excluding hydrogens is 112 g/mol. The highest BCUT2D eigenvalue weighted by molar-refractivity contribution is 4.82. The van der Waals surface area contributed by atoms with Crippen molar-refractivity contribution in [2.45, 2.75) is 38.9 Å². The Morgan fingerprint density at radius 2 is 2.00 bits per heavy atom. The lowest BCUT2D eigenvalue weighted by molar-refractivity contribution is 0.244. The minimum absolute atomic E-state index is 0.262. The maximum atomic E-state index is 3.44. The molecule has 1 saturated heterocycles. The first-order valence-electron chi connectivity index (χ1n) is 3.59. The predicted molar refractivity (Wildman–Crippen MR) is 39.3 cm³/mol. The lowest BCUT2D eigenvalue weighted by atomic mass is 10.1. The van der Waals surface area contributed by atoms with Crippen molar-refractivity contribution in [3.05, 3.63) is 0 Å². The van der Waals surface area contributed by atoms with Gasteiger partial charge in [0.25, 0.3) is 0 Å². The lowest BCUT2D eigenvalue weighted by Gasteiger charge is -2.35. The Bertz CT molecular complexity index is 89.6. The molecule has 0 amide bonds. The van der Waals surface area contributed by atoms with E-state index in [4.69, 9.17) is 0 Å². The first-order valence-corrected chi connectivity index (χ1v) is 3.59. The molecule has 0 aromatic heterocycles. The van der Waals surface area contributed by atoms with Gasteiger partial charge >= 0.3 is 0 Å². The summed E-state index contributed by atoms with van der Waals surface area (Å²) in [7, 11) is 0. The van der Waals surface area contributed by atoms with Crippen LogP contribution in [-0.4, -0.2) is 18.2 Å². The summed E-state index contributed by atoms with van der Waals surface area (Å²) in [4.78, 5) is 0. The number of hydrogen-bond donors (Lipinski definition) is 2. The molecule has 0 spiro atoms. The summed E-state index contributed by atoms with van der Waals surface area (Å²) in [5.41, 5.74) is 0.262. The van der Waals surface area contributed by atoms with Gasteiger partial charge in [-0.1, -0.05) is 0 Å². The highest BCUT2D eigenvalue weighted by atomic mass is 15.2. The average Bonchev–Trinajstić information content (AvgIpc) is 1.53. The maximum absolute atomic E-state index is 3.44. The second kappa shape index (κ2) is 2.27. The van der Waals surface area contributed by atoms with Gasteiger partial charge in [-0.05, 0) is 33.7 Å². The van der Waals surface area contributed by atoms with Gasteiger partial charge in [0.1, 0.15) is 0 Å². The summed E-state index contributed by atoms with van der Waals surface area (Å²) < 4.78 is 0. The van der Waals surface area contributed by atoms with Gasteiger partial charge < -0.3 is 5.32 Å². The summed E-state index contributed by atoms with van der Waals surface area (Å²) in [6, 6.07) is 0. The van der Waals surface area contributed by atoms with Crippen molar-refractivity contribution < 1.29 is 0 Å². The Kier molecular flexibility index (Phi) is 1.78.